The molecule has 0 saturated carbocycles. The molecule has 0 bridgehead atoms. The highest BCUT2D eigenvalue weighted by atomic mass is 16.3. The predicted molar refractivity (Wildman–Crippen MR) is 88.1 cm³/mol. The molecule has 3 aromatic rings. The molecule has 0 atom stereocenters. The fourth-order valence-corrected chi connectivity index (χ4v) is 3.01. The van der Waals surface area contributed by atoms with Crippen molar-refractivity contribution in [3.05, 3.63) is 54.4 Å². The van der Waals surface area contributed by atoms with Crippen LogP contribution in [0.4, 0.5) is 0 Å². The van der Waals surface area contributed by atoms with E-state index in [2.05, 4.69) is 10.2 Å². The summed E-state index contributed by atoms with van der Waals surface area (Å²) in [6.07, 6.45) is 5.58. The van der Waals surface area contributed by atoms with E-state index in [9.17, 15) is 9.59 Å². The van der Waals surface area contributed by atoms with E-state index in [1.807, 2.05) is 0 Å². The molecule has 25 heavy (non-hydrogen) atoms. The van der Waals surface area contributed by atoms with Crippen LogP contribution in [-0.4, -0.2) is 62.4 Å². The van der Waals surface area contributed by atoms with Gasteiger partial charge in [-0.2, -0.15) is 0 Å². The largest absolute Gasteiger partial charge is 0.459 e. The van der Waals surface area contributed by atoms with E-state index in [0.29, 0.717) is 43.1 Å². The van der Waals surface area contributed by atoms with Gasteiger partial charge in [0.25, 0.3) is 11.8 Å². The smallest absolute Gasteiger partial charge is 0.289 e. The second-order valence-corrected chi connectivity index (χ2v) is 5.93. The van der Waals surface area contributed by atoms with Gasteiger partial charge < -0.3 is 14.2 Å². The van der Waals surface area contributed by atoms with E-state index >= 15 is 0 Å². The highest BCUT2D eigenvalue weighted by Gasteiger charge is 2.24. The van der Waals surface area contributed by atoms with Crippen molar-refractivity contribution in [2.24, 2.45) is 0 Å². The standard InChI is InChI=1S/C17H17N5O3/c23-16(13-4-7-22-12-18-19-15(22)11-13)20-5-2-6-21(9-8-20)17(24)14-3-1-10-25-14/h1,3-4,7,10-12H,2,5-6,8-9H2. The molecule has 1 saturated heterocycles. The zero-order valence-corrected chi connectivity index (χ0v) is 13.5. The van der Waals surface area contributed by atoms with Crippen LogP contribution >= 0.6 is 0 Å². The Balaban J connectivity index is 1.46. The number of pyridine rings is 1. The van der Waals surface area contributed by atoms with Gasteiger partial charge in [0.1, 0.15) is 6.33 Å². The third-order valence-electron chi connectivity index (χ3n) is 4.35. The second-order valence-electron chi connectivity index (χ2n) is 5.93. The number of hydrogen-bond acceptors (Lipinski definition) is 5. The lowest BCUT2D eigenvalue weighted by atomic mass is 10.2. The molecule has 0 spiro atoms. The summed E-state index contributed by atoms with van der Waals surface area (Å²) >= 11 is 0. The topological polar surface area (TPSA) is 84.0 Å². The maximum Gasteiger partial charge on any atom is 0.289 e. The Kier molecular flexibility index (Phi) is 3.93. The molecule has 0 unspecified atom stereocenters. The van der Waals surface area contributed by atoms with Crippen molar-refractivity contribution < 1.29 is 14.0 Å². The van der Waals surface area contributed by atoms with Gasteiger partial charge in [0.15, 0.2) is 11.4 Å². The van der Waals surface area contributed by atoms with E-state index in [0.717, 1.165) is 6.42 Å². The van der Waals surface area contributed by atoms with Crippen LogP contribution in [0.3, 0.4) is 0 Å². The molecule has 0 aliphatic carbocycles. The number of rotatable bonds is 2. The summed E-state index contributed by atoms with van der Waals surface area (Å²) in [5.41, 5.74) is 1.21. The highest BCUT2D eigenvalue weighted by Crippen LogP contribution is 2.13. The maximum atomic E-state index is 12.8. The number of carbonyl (C=O) groups is 2. The van der Waals surface area contributed by atoms with Crippen LogP contribution in [0.2, 0.25) is 0 Å². The van der Waals surface area contributed by atoms with Crippen molar-refractivity contribution in [3.63, 3.8) is 0 Å². The zero-order valence-electron chi connectivity index (χ0n) is 13.5. The Morgan fingerprint density at radius 3 is 2.60 bits per heavy atom. The average Bonchev–Trinajstić information content (AvgIpc) is 3.27. The van der Waals surface area contributed by atoms with Gasteiger partial charge in [-0.05, 0) is 30.7 Å². The molecule has 4 rings (SSSR count). The van der Waals surface area contributed by atoms with Crippen molar-refractivity contribution >= 4 is 17.5 Å². The number of hydrogen-bond donors (Lipinski definition) is 0. The Morgan fingerprint density at radius 1 is 1.04 bits per heavy atom. The van der Waals surface area contributed by atoms with E-state index in [-0.39, 0.29) is 11.8 Å². The first-order chi connectivity index (χ1) is 12.2. The first-order valence-electron chi connectivity index (χ1n) is 8.14. The third-order valence-corrected chi connectivity index (χ3v) is 4.35. The third kappa shape index (κ3) is 2.98. The average molecular weight is 339 g/mol. The van der Waals surface area contributed by atoms with Crippen molar-refractivity contribution in [3.8, 4) is 0 Å². The summed E-state index contributed by atoms with van der Waals surface area (Å²) in [6, 6.07) is 6.84. The molecule has 1 aliphatic rings. The number of furan rings is 1. The number of amides is 2. The van der Waals surface area contributed by atoms with Crippen LogP contribution in [0.1, 0.15) is 27.3 Å². The van der Waals surface area contributed by atoms with Crippen LogP contribution in [-0.2, 0) is 0 Å². The number of fused-ring (bicyclic) bond motifs is 1. The minimum Gasteiger partial charge on any atom is -0.459 e. The van der Waals surface area contributed by atoms with Gasteiger partial charge in [0.2, 0.25) is 0 Å². The van der Waals surface area contributed by atoms with Gasteiger partial charge in [-0.25, -0.2) is 0 Å². The molecule has 0 radical (unpaired) electrons. The van der Waals surface area contributed by atoms with E-state index < -0.39 is 0 Å². The normalized spacial score (nSPS) is 15.4. The van der Waals surface area contributed by atoms with Gasteiger partial charge in [-0.1, -0.05) is 0 Å². The molecule has 1 fully saturated rings. The molecule has 2 amide bonds. The van der Waals surface area contributed by atoms with Gasteiger partial charge in [-0.15, -0.1) is 10.2 Å². The summed E-state index contributed by atoms with van der Waals surface area (Å²) in [4.78, 5) is 28.7. The second kappa shape index (κ2) is 6.39. The Hall–Kier alpha value is -3.16. The summed E-state index contributed by atoms with van der Waals surface area (Å²) < 4.78 is 6.93. The van der Waals surface area contributed by atoms with Gasteiger partial charge in [-0.3, -0.25) is 14.0 Å². The lowest BCUT2D eigenvalue weighted by Crippen LogP contribution is -2.37. The Labute approximate surface area is 143 Å². The maximum absolute atomic E-state index is 12.8. The number of carbonyl (C=O) groups excluding carboxylic acids is 2. The van der Waals surface area contributed by atoms with Crippen molar-refractivity contribution in [1.29, 1.82) is 0 Å². The molecular formula is C17H17N5O3. The molecule has 1 aliphatic heterocycles. The minimum atomic E-state index is -0.135. The van der Waals surface area contributed by atoms with Crippen LogP contribution in [0.5, 0.6) is 0 Å². The summed E-state index contributed by atoms with van der Waals surface area (Å²) in [6.45, 7) is 2.19. The Bertz CT molecular complexity index is 902. The number of nitrogens with zero attached hydrogens (tertiary/aromatic N) is 5. The summed E-state index contributed by atoms with van der Waals surface area (Å²) in [7, 11) is 0. The van der Waals surface area contributed by atoms with Crippen molar-refractivity contribution in [2.75, 3.05) is 26.2 Å². The van der Waals surface area contributed by atoms with Crippen LogP contribution in [0, 0.1) is 0 Å². The fraction of sp³-hybridized carbons (Fsp3) is 0.294. The van der Waals surface area contributed by atoms with Crippen LogP contribution in [0.15, 0.2) is 47.5 Å². The molecule has 128 valence electrons. The van der Waals surface area contributed by atoms with Crippen LogP contribution < -0.4 is 0 Å². The Morgan fingerprint density at radius 2 is 1.84 bits per heavy atom. The molecule has 8 nitrogen and oxygen atoms in total. The highest BCUT2D eigenvalue weighted by molar-refractivity contribution is 5.95. The van der Waals surface area contributed by atoms with E-state index in [1.165, 1.54) is 6.26 Å². The molecule has 8 heteroatoms. The SMILES string of the molecule is O=C(c1ccn2cnnc2c1)N1CCCN(C(=O)c2ccco2)CC1. The van der Waals surface area contributed by atoms with E-state index in [1.54, 1.807) is 51.0 Å². The van der Waals surface area contributed by atoms with Crippen molar-refractivity contribution in [2.45, 2.75) is 6.42 Å². The minimum absolute atomic E-state index is 0.0576. The lowest BCUT2D eigenvalue weighted by Gasteiger charge is -2.21. The first kappa shape index (κ1) is 15.4. The van der Waals surface area contributed by atoms with Crippen LogP contribution in [0.25, 0.3) is 5.65 Å². The molecule has 0 N–H and O–H groups in total. The fourth-order valence-electron chi connectivity index (χ4n) is 3.01. The summed E-state index contributed by atoms with van der Waals surface area (Å²) in [5, 5.41) is 7.79. The molecular weight excluding hydrogens is 322 g/mol. The predicted octanol–water partition coefficient (Wildman–Crippen LogP) is 1.31. The molecule has 4 heterocycles. The quantitative estimate of drug-likeness (QED) is 0.703. The monoisotopic (exact) mass is 339 g/mol. The summed E-state index contributed by atoms with van der Waals surface area (Å²) in [5.74, 6) is 0.138. The lowest BCUT2D eigenvalue weighted by molar-refractivity contribution is 0.0700. The van der Waals surface area contributed by atoms with Gasteiger partial charge in [0, 0.05) is 37.9 Å². The van der Waals surface area contributed by atoms with Crippen molar-refractivity contribution in [1.82, 2.24) is 24.4 Å². The van der Waals surface area contributed by atoms with Gasteiger partial charge >= 0.3 is 0 Å². The van der Waals surface area contributed by atoms with E-state index in [4.69, 9.17) is 4.42 Å². The van der Waals surface area contributed by atoms with Gasteiger partial charge in [0.05, 0.1) is 6.26 Å². The first-order valence-corrected chi connectivity index (χ1v) is 8.14. The molecule has 0 aromatic carbocycles. The number of aromatic nitrogens is 3. The zero-order chi connectivity index (χ0) is 17.2. The molecule has 3 aromatic heterocycles.